The Morgan fingerprint density at radius 2 is 2.22 bits per heavy atom. The molecule has 0 amide bonds. The number of sulfonamides is 1. The molecule has 18 heavy (non-hydrogen) atoms. The highest BCUT2D eigenvalue weighted by atomic mass is 79.9. The van der Waals surface area contributed by atoms with Crippen molar-refractivity contribution < 1.29 is 8.42 Å². The SMILES string of the molecule is CSC1CCC(NS(=O)(=O)c2cc(Br)sc2C)C1. The molecule has 1 N–H and O–H groups in total. The van der Waals surface area contributed by atoms with E-state index in [1.807, 2.05) is 18.7 Å². The number of thiophene rings is 1. The minimum atomic E-state index is -3.36. The second kappa shape index (κ2) is 5.83. The highest BCUT2D eigenvalue weighted by Crippen LogP contribution is 2.32. The number of hydrogen-bond acceptors (Lipinski definition) is 4. The Labute approximate surface area is 125 Å². The third-order valence-electron chi connectivity index (χ3n) is 3.17. The molecule has 3 nitrogen and oxygen atoms in total. The topological polar surface area (TPSA) is 46.2 Å². The number of thioether (sulfide) groups is 1. The quantitative estimate of drug-likeness (QED) is 0.884. The molecule has 2 unspecified atom stereocenters. The standard InChI is InChI=1S/C11H16BrNO2S3/c1-7-10(6-11(12)17-7)18(14,15)13-8-3-4-9(5-8)16-2/h6,8-9,13H,3-5H2,1-2H3. The molecule has 102 valence electrons. The summed E-state index contributed by atoms with van der Waals surface area (Å²) >= 11 is 6.61. The normalized spacial score (nSPS) is 24.6. The van der Waals surface area contributed by atoms with Crippen LogP contribution in [0.3, 0.4) is 0 Å². The van der Waals surface area contributed by atoms with E-state index in [0.29, 0.717) is 10.1 Å². The van der Waals surface area contributed by atoms with Gasteiger partial charge in [-0.25, -0.2) is 13.1 Å². The lowest BCUT2D eigenvalue weighted by Crippen LogP contribution is -2.33. The Bertz CT molecular complexity index is 526. The van der Waals surface area contributed by atoms with Crippen molar-refractivity contribution in [1.82, 2.24) is 4.72 Å². The van der Waals surface area contributed by atoms with Gasteiger partial charge in [-0.1, -0.05) is 0 Å². The summed E-state index contributed by atoms with van der Waals surface area (Å²) in [4.78, 5) is 1.24. The van der Waals surface area contributed by atoms with Gasteiger partial charge in [-0.15, -0.1) is 11.3 Å². The van der Waals surface area contributed by atoms with E-state index in [1.165, 1.54) is 11.3 Å². The van der Waals surface area contributed by atoms with Gasteiger partial charge in [0, 0.05) is 16.2 Å². The number of aryl methyl sites for hydroxylation is 1. The van der Waals surface area contributed by atoms with Crippen molar-refractivity contribution in [2.45, 2.75) is 42.4 Å². The molecule has 0 bridgehead atoms. The second-order valence-corrected chi connectivity index (χ2v) is 9.92. The Morgan fingerprint density at radius 3 is 2.72 bits per heavy atom. The summed E-state index contributed by atoms with van der Waals surface area (Å²) in [6.45, 7) is 1.84. The van der Waals surface area contributed by atoms with E-state index in [2.05, 4.69) is 26.9 Å². The monoisotopic (exact) mass is 369 g/mol. The summed E-state index contributed by atoms with van der Waals surface area (Å²) in [5, 5.41) is 0.591. The van der Waals surface area contributed by atoms with Gasteiger partial charge in [0.2, 0.25) is 10.0 Å². The third-order valence-corrected chi connectivity index (χ3v) is 7.60. The lowest BCUT2D eigenvalue weighted by Gasteiger charge is -2.13. The van der Waals surface area contributed by atoms with Crippen LogP contribution in [0.4, 0.5) is 0 Å². The molecule has 7 heteroatoms. The minimum Gasteiger partial charge on any atom is -0.208 e. The first-order valence-corrected chi connectivity index (χ1v) is 10.1. The molecule has 0 aromatic carbocycles. The van der Waals surface area contributed by atoms with Crippen LogP contribution in [0.5, 0.6) is 0 Å². The van der Waals surface area contributed by atoms with Crippen molar-refractivity contribution in [2.75, 3.05) is 6.26 Å². The van der Waals surface area contributed by atoms with Crippen molar-refractivity contribution >= 4 is 49.1 Å². The predicted molar refractivity (Wildman–Crippen MR) is 82.0 cm³/mol. The lowest BCUT2D eigenvalue weighted by molar-refractivity contribution is 0.552. The fraction of sp³-hybridized carbons (Fsp3) is 0.636. The maximum atomic E-state index is 12.3. The van der Waals surface area contributed by atoms with Crippen LogP contribution in [-0.4, -0.2) is 26.0 Å². The van der Waals surface area contributed by atoms with E-state index in [0.717, 1.165) is 27.9 Å². The van der Waals surface area contributed by atoms with Crippen LogP contribution in [0.1, 0.15) is 24.1 Å². The van der Waals surface area contributed by atoms with Gasteiger partial charge < -0.3 is 0 Å². The molecule has 1 aliphatic carbocycles. The van der Waals surface area contributed by atoms with Gasteiger partial charge in [0.05, 0.1) is 8.68 Å². The minimum absolute atomic E-state index is 0.0884. The fourth-order valence-electron chi connectivity index (χ4n) is 2.24. The van der Waals surface area contributed by atoms with E-state index >= 15 is 0 Å². The predicted octanol–water partition coefficient (Wildman–Crippen LogP) is 3.38. The van der Waals surface area contributed by atoms with Crippen molar-refractivity contribution in [3.63, 3.8) is 0 Å². The maximum Gasteiger partial charge on any atom is 0.241 e. The zero-order valence-corrected chi connectivity index (χ0v) is 14.3. The first-order valence-electron chi connectivity index (χ1n) is 5.73. The zero-order valence-electron chi connectivity index (χ0n) is 10.3. The molecule has 0 aliphatic heterocycles. The molecule has 1 aliphatic rings. The number of nitrogens with one attached hydrogen (secondary N) is 1. The van der Waals surface area contributed by atoms with E-state index in [-0.39, 0.29) is 6.04 Å². The van der Waals surface area contributed by atoms with E-state index < -0.39 is 10.0 Å². The van der Waals surface area contributed by atoms with Crippen molar-refractivity contribution in [3.8, 4) is 0 Å². The van der Waals surface area contributed by atoms with E-state index in [1.54, 1.807) is 6.07 Å². The third kappa shape index (κ3) is 3.30. The van der Waals surface area contributed by atoms with Gasteiger partial charge in [-0.2, -0.15) is 11.8 Å². The van der Waals surface area contributed by atoms with Gasteiger partial charge in [-0.3, -0.25) is 0 Å². The Balaban J connectivity index is 2.11. The van der Waals surface area contributed by atoms with Crippen LogP contribution in [0.15, 0.2) is 14.7 Å². The first-order chi connectivity index (χ1) is 8.42. The van der Waals surface area contributed by atoms with Crippen molar-refractivity contribution in [1.29, 1.82) is 0 Å². The summed E-state index contributed by atoms with van der Waals surface area (Å²) in [5.74, 6) is 0. The fourth-order valence-corrected chi connectivity index (χ4v) is 6.74. The van der Waals surface area contributed by atoms with Crippen LogP contribution < -0.4 is 4.72 Å². The van der Waals surface area contributed by atoms with Gasteiger partial charge >= 0.3 is 0 Å². The summed E-state index contributed by atoms with van der Waals surface area (Å²) in [6, 6.07) is 1.77. The maximum absolute atomic E-state index is 12.3. The van der Waals surface area contributed by atoms with Crippen LogP contribution in [0.2, 0.25) is 0 Å². The number of hydrogen-bond donors (Lipinski definition) is 1. The Morgan fingerprint density at radius 1 is 1.50 bits per heavy atom. The van der Waals surface area contributed by atoms with Gasteiger partial charge in [0.1, 0.15) is 0 Å². The van der Waals surface area contributed by atoms with Crippen LogP contribution in [-0.2, 0) is 10.0 Å². The zero-order chi connectivity index (χ0) is 13.3. The van der Waals surface area contributed by atoms with Crippen LogP contribution in [0, 0.1) is 6.92 Å². The second-order valence-electron chi connectivity index (χ2n) is 4.46. The summed E-state index contributed by atoms with van der Waals surface area (Å²) in [7, 11) is -3.36. The van der Waals surface area contributed by atoms with Crippen LogP contribution >= 0.6 is 39.0 Å². The van der Waals surface area contributed by atoms with Gasteiger partial charge in [0.25, 0.3) is 0 Å². The Hall–Kier alpha value is 0.440. The van der Waals surface area contributed by atoms with E-state index in [9.17, 15) is 8.42 Å². The molecule has 1 fully saturated rings. The molecular weight excluding hydrogens is 354 g/mol. The largest absolute Gasteiger partial charge is 0.241 e. The molecule has 2 atom stereocenters. The van der Waals surface area contributed by atoms with Crippen molar-refractivity contribution in [2.24, 2.45) is 0 Å². The molecule has 1 aromatic rings. The smallest absolute Gasteiger partial charge is 0.208 e. The van der Waals surface area contributed by atoms with Crippen molar-refractivity contribution in [3.05, 3.63) is 14.7 Å². The summed E-state index contributed by atoms with van der Waals surface area (Å²) < 4.78 is 28.3. The molecule has 2 rings (SSSR count). The molecule has 0 spiro atoms. The average molecular weight is 370 g/mol. The van der Waals surface area contributed by atoms with Gasteiger partial charge in [-0.05, 0) is 54.4 Å². The molecule has 0 radical (unpaired) electrons. The average Bonchev–Trinajstić information content (AvgIpc) is 2.84. The summed E-state index contributed by atoms with van der Waals surface area (Å²) in [5.41, 5.74) is 0. The first kappa shape index (κ1) is 14.8. The molecule has 1 saturated carbocycles. The molecule has 1 heterocycles. The number of halogens is 1. The van der Waals surface area contributed by atoms with E-state index in [4.69, 9.17) is 0 Å². The lowest BCUT2D eigenvalue weighted by atomic mass is 10.3. The van der Waals surface area contributed by atoms with Crippen LogP contribution in [0.25, 0.3) is 0 Å². The molecule has 1 aromatic heterocycles. The molecule has 0 saturated heterocycles. The molecular formula is C11H16BrNO2S3. The summed E-state index contributed by atoms with van der Waals surface area (Å²) in [6.07, 6.45) is 5.06. The van der Waals surface area contributed by atoms with Gasteiger partial charge in [0.15, 0.2) is 0 Å². The Kier molecular flexibility index (Phi) is 4.80. The highest BCUT2D eigenvalue weighted by molar-refractivity contribution is 9.11. The highest BCUT2D eigenvalue weighted by Gasteiger charge is 2.29. The number of rotatable bonds is 4.